The SMILES string of the molecule is c1ccc(N(c2ccc(-c3cccc(-c4cccc(-c5ccc6ccccc6c5)c4)c3)cc2)c2ccc3sc4ccccc4c3c2)cc1. The highest BCUT2D eigenvalue weighted by atomic mass is 32.1. The predicted molar refractivity (Wildman–Crippen MR) is 208 cm³/mol. The van der Waals surface area contributed by atoms with E-state index in [1.54, 1.807) is 0 Å². The molecule has 226 valence electrons. The first-order valence-electron chi connectivity index (χ1n) is 16.3. The molecule has 8 aromatic carbocycles. The zero-order chi connectivity index (χ0) is 31.9. The summed E-state index contributed by atoms with van der Waals surface area (Å²) in [6, 6.07) is 68.2. The lowest BCUT2D eigenvalue weighted by Crippen LogP contribution is -2.09. The van der Waals surface area contributed by atoms with Gasteiger partial charge in [-0.3, -0.25) is 0 Å². The minimum Gasteiger partial charge on any atom is -0.310 e. The van der Waals surface area contributed by atoms with E-state index in [0.717, 1.165) is 17.1 Å². The molecule has 0 saturated carbocycles. The second-order valence-electron chi connectivity index (χ2n) is 12.2. The van der Waals surface area contributed by atoms with Crippen LogP contribution in [0.4, 0.5) is 17.1 Å². The quantitative estimate of drug-likeness (QED) is 0.177. The highest BCUT2D eigenvalue weighted by Gasteiger charge is 2.15. The molecule has 0 aliphatic rings. The Labute approximate surface area is 284 Å². The van der Waals surface area contributed by atoms with Gasteiger partial charge in [-0.05, 0) is 111 Å². The zero-order valence-corrected chi connectivity index (χ0v) is 27.1. The van der Waals surface area contributed by atoms with Crippen molar-refractivity contribution in [1.29, 1.82) is 0 Å². The van der Waals surface area contributed by atoms with E-state index in [1.807, 2.05) is 11.3 Å². The number of rotatable bonds is 6. The fourth-order valence-electron chi connectivity index (χ4n) is 6.81. The van der Waals surface area contributed by atoms with Gasteiger partial charge in [-0.1, -0.05) is 121 Å². The number of benzene rings is 8. The predicted octanol–water partition coefficient (Wildman–Crippen LogP) is 13.7. The molecule has 1 nitrogen and oxygen atoms in total. The average Bonchev–Trinajstić information content (AvgIpc) is 3.54. The molecule has 1 heterocycles. The average molecular weight is 630 g/mol. The number of nitrogens with zero attached hydrogens (tertiary/aromatic N) is 1. The molecule has 0 atom stereocenters. The maximum absolute atomic E-state index is 2.35. The van der Waals surface area contributed by atoms with Gasteiger partial charge in [0.2, 0.25) is 0 Å². The monoisotopic (exact) mass is 629 g/mol. The molecular formula is C46H31NS. The maximum atomic E-state index is 2.35. The van der Waals surface area contributed by atoms with E-state index in [4.69, 9.17) is 0 Å². The van der Waals surface area contributed by atoms with Crippen molar-refractivity contribution in [1.82, 2.24) is 0 Å². The second kappa shape index (κ2) is 12.0. The van der Waals surface area contributed by atoms with Crippen LogP contribution in [0, 0.1) is 0 Å². The summed E-state index contributed by atoms with van der Waals surface area (Å²) in [6.07, 6.45) is 0. The summed E-state index contributed by atoms with van der Waals surface area (Å²) in [5, 5.41) is 5.13. The Morgan fingerprint density at radius 1 is 0.292 bits per heavy atom. The summed E-state index contributed by atoms with van der Waals surface area (Å²) in [5.74, 6) is 0. The molecule has 0 N–H and O–H groups in total. The van der Waals surface area contributed by atoms with E-state index < -0.39 is 0 Å². The highest BCUT2D eigenvalue weighted by Crippen LogP contribution is 2.41. The standard InChI is InChI=1S/C46H31NS/c1-2-16-40(17-3-1)47(42-26-27-46-44(31-42)43-18-6-7-19-45(43)48-46)41-24-22-33(23-25-41)35-12-8-13-36(28-35)37-14-9-15-38(30-37)39-21-20-32-10-4-5-11-34(32)29-39/h1-31H. The van der Waals surface area contributed by atoms with Gasteiger partial charge in [-0.25, -0.2) is 0 Å². The molecule has 2 heteroatoms. The number of para-hydroxylation sites is 1. The largest absolute Gasteiger partial charge is 0.310 e. The van der Waals surface area contributed by atoms with Crippen molar-refractivity contribution in [3.05, 3.63) is 188 Å². The van der Waals surface area contributed by atoms with Gasteiger partial charge < -0.3 is 4.90 Å². The molecule has 48 heavy (non-hydrogen) atoms. The topological polar surface area (TPSA) is 3.24 Å². The minimum atomic E-state index is 1.13. The highest BCUT2D eigenvalue weighted by molar-refractivity contribution is 7.25. The van der Waals surface area contributed by atoms with Crippen molar-refractivity contribution in [2.75, 3.05) is 4.90 Å². The fourth-order valence-corrected chi connectivity index (χ4v) is 7.89. The van der Waals surface area contributed by atoms with Crippen LogP contribution in [0.15, 0.2) is 188 Å². The summed E-state index contributed by atoms with van der Waals surface area (Å²) in [4.78, 5) is 2.35. The molecule has 9 rings (SSSR count). The van der Waals surface area contributed by atoms with E-state index >= 15 is 0 Å². The van der Waals surface area contributed by atoms with Crippen LogP contribution in [-0.4, -0.2) is 0 Å². The maximum Gasteiger partial charge on any atom is 0.0468 e. The van der Waals surface area contributed by atoms with E-state index in [1.165, 1.54) is 64.3 Å². The summed E-state index contributed by atoms with van der Waals surface area (Å²) in [5.41, 5.74) is 10.7. The molecule has 0 bridgehead atoms. The Morgan fingerprint density at radius 3 is 1.58 bits per heavy atom. The first-order valence-corrected chi connectivity index (χ1v) is 17.2. The van der Waals surface area contributed by atoms with Gasteiger partial charge in [0.05, 0.1) is 0 Å². The Bertz CT molecular complexity index is 2560. The van der Waals surface area contributed by atoms with Crippen LogP contribution in [-0.2, 0) is 0 Å². The fraction of sp³-hybridized carbons (Fsp3) is 0. The molecule has 0 aliphatic heterocycles. The van der Waals surface area contributed by atoms with Gasteiger partial charge in [0.25, 0.3) is 0 Å². The van der Waals surface area contributed by atoms with E-state index in [-0.39, 0.29) is 0 Å². The van der Waals surface area contributed by atoms with E-state index in [2.05, 4.69) is 193 Å². The van der Waals surface area contributed by atoms with Crippen LogP contribution >= 0.6 is 11.3 Å². The van der Waals surface area contributed by atoms with Gasteiger partial charge in [0.1, 0.15) is 0 Å². The summed E-state index contributed by atoms with van der Waals surface area (Å²) in [7, 11) is 0. The minimum absolute atomic E-state index is 1.13. The third-order valence-corrected chi connectivity index (χ3v) is 10.4. The Hall–Kier alpha value is -5.96. The Morgan fingerprint density at radius 2 is 0.833 bits per heavy atom. The normalized spacial score (nSPS) is 11.3. The van der Waals surface area contributed by atoms with Gasteiger partial charge in [-0.15, -0.1) is 11.3 Å². The zero-order valence-electron chi connectivity index (χ0n) is 26.3. The summed E-state index contributed by atoms with van der Waals surface area (Å²) < 4.78 is 2.63. The molecule has 0 saturated heterocycles. The summed E-state index contributed by atoms with van der Waals surface area (Å²) in [6.45, 7) is 0. The van der Waals surface area contributed by atoms with E-state index in [0.29, 0.717) is 0 Å². The second-order valence-corrected chi connectivity index (χ2v) is 13.3. The van der Waals surface area contributed by atoms with Crippen molar-refractivity contribution in [2.24, 2.45) is 0 Å². The molecule has 1 aromatic heterocycles. The number of thiophene rings is 1. The third-order valence-electron chi connectivity index (χ3n) is 9.23. The van der Waals surface area contributed by atoms with Crippen molar-refractivity contribution < 1.29 is 0 Å². The van der Waals surface area contributed by atoms with Crippen molar-refractivity contribution in [3.63, 3.8) is 0 Å². The number of hydrogen-bond acceptors (Lipinski definition) is 2. The first kappa shape index (κ1) is 28.3. The van der Waals surface area contributed by atoms with Crippen molar-refractivity contribution >= 4 is 59.3 Å². The lowest BCUT2D eigenvalue weighted by molar-refractivity contribution is 1.29. The lowest BCUT2D eigenvalue weighted by Gasteiger charge is -2.26. The van der Waals surface area contributed by atoms with Crippen molar-refractivity contribution in [3.8, 4) is 33.4 Å². The smallest absolute Gasteiger partial charge is 0.0468 e. The molecule has 0 spiro atoms. The van der Waals surface area contributed by atoms with Gasteiger partial charge in [-0.2, -0.15) is 0 Å². The number of anilines is 3. The van der Waals surface area contributed by atoms with Crippen LogP contribution in [0.1, 0.15) is 0 Å². The van der Waals surface area contributed by atoms with Crippen LogP contribution < -0.4 is 4.90 Å². The van der Waals surface area contributed by atoms with Crippen LogP contribution in [0.5, 0.6) is 0 Å². The molecule has 0 fully saturated rings. The van der Waals surface area contributed by atoms with Crippen molar-refractivity contribution in [2.45, 2.75) is 0 Å². The van der Waals surface area contributed by atoms with E-state index in [9.17, 15) is 0 Å². The van der Waals surface area contributed by atoms with Crippen LogP contribution in [0.25, 0.3) is 64.3 Å². The molecule has 0 amide bonds. The Balaban J connectivity index is 1.05. The van der Waals surface area contributed by atoms with Crippen LogP contribution in [0.3, 0.4) is 0 Å². The number of hydrogen-bond donors (Lipinski definition) is 0. The van der Waals surface area contributed by atoms with Gasteiger partial charge in [0.15, 0.2) is 0 Å². The molecular weight excluding hydrogens is 599 g/mol. The molecule has 0 radical (unpaired) electrons. The van der Waals surface area contributed by atoms with Gasteiger partial charge >= 0.3 is 0 Å². The third kappa shape index (κ3) is 5.23. The molecule has 0 aliphatic carbocycles. The molecule has 9 aromatic rings. The van der Waals surface area contributed by atoms with Gasteiger partial charge in [0, 0.05) is 37.2 Å². The van der Waals surface area contributed by atoms with Crippen LogP contribution in [0.2, 0.25) is 0 Å². The Kier molecular flexibility index (Phi) is 7.07. The molecule has 0 unspecified atom stereocenters. The first-order chi connectivity index (χ1) is 23.8. The summed E-state index contributed by atoms with van der Waals surface area (Å²) >= 11 is 1.85. The lowest BCUT2D eigenvalue weighted by atomic mass is 9.95. The number of fused-ring (bicyclic) bond motifs is 4.